The molecule has 3 N–H and O–H groups in total. The van der Waals surface area contributed by atoms with Gasteiger partial charge in [0.25, 0.3) is 0 Å². The summed E-state index contributed by atoms with van der Waals surface area (Å²) in [5, 5.41) is 3.03. The third-order valence-corrected chi connectivity index (χ3v) is 4.52. The Kier molecular flexibility index (Phi) is 4.25. The first-order chi connectivity index (χ1) is 9.06. The molecule has 0 heterocycles. The van der Waals surface area contributed by atoms with Crippen LogP contribution in [-0.4, -0.2) is 12.5 Å². The predicted molar refractivity (Wildman–Crippen MR) is 77.7 cm³/mol. The van der Waals surface area contributed by atoms with E-state index < -0.39 is 6.04 Å². The maximum absolute atomic E-state index is 12.1. The van der Waals surface area contributed by atoms with E-state index in [2.05, 4.69) is 12.2 Å². The molecule has 0 radical (unpaired) electrons. The first-order valence-electron chi connectivity index (χ1n) is 7.16. The van der Waals surface area contributed by atoms with Crippen LogP contribution in [0.25, 0.3) is 0 Å². The fraction of sp³-hybridized carbons (Fsp3) is 0.562. The lowest BCUT2D eigenvalue weighted by Crippen LogP contribution is -2.44. The van der Waals surface area contributed by atoms with Gasteiger partial charge in [0.2, 0.25) is 5.91 Å². The van der Waals surface area contributed by atoms with Gasteiger partial charge in [0, 0.05) is 6.54 Å². The monoisotopic (exact) mass is 260 g/mol. The third-order valence-electron chi connectivity index (χ3n) is 4.52. The Labute approximate surface area is 115 Å². The van der Waals surface area contributed by atoms with E-state index in [0.29, 0.717) is 5.41 Å². The Morgan fingerprint density at radius 3 is 2.47 bits per heavy atom. The van der Waals surface area contributed by atoms with E-state index in [1.54, 1.807) is 0 Å². The minimum Gasteiger partial charge on any atom is -0.354 e. The highest BCUT2D eigenvalue weighted by Crippen LogP contribution is 2.43. The minimum absolute atomic E-state index is 0.0661. The molecule has 1 aromatic rings. The lowest BCUT2D eigenvalue weighted by atomic mass is 9.67. The maximum atomic E-state index is 12.1. The van der Waals surface area contributed by atoms with Crippen molar-refractivity contribution >= 4 is 5.91 Å². The zero-order valence-corrected chi connectivity index (χ0v) is 11.9. The van der Waals surface area contributed by atoms with Crippen molar-refractivity contribution < 1.29 is 4.79 Å². The molecule has 104 valence electrons. The Morgan fingerprint density at radius 2 is 2.00 bits per heavy atom. The normalized spacial score (nSPS) is 18.5. The van der Waals surface area contributed by atoms with Crippen LogP contribution < -0.4 is 11.1 Å². The first-order valence-corrected chi connectivity index (χ1v) is 7.16. The van der Waals surface area contributed by atoms with Crippen molar-refractivity contribution in [3.05, 3.63) is 35.4 Å². The number of carbonyl (C=O) groups excluding carboxylic acids is 1. The van der Waals surface area contributed by atoms with Crippen LogP contribution in [0.1, 0.15) is 49.8 Å². The summed E-state index contributed by atoms with van der Waals surface area (Å²) in [6.45, 7) is 4.99. The average Bonchev–Trinajstić information content (AvgIpc) is 2.38. The minimum atomic E-state index is -0.561. The maximum Gasteiger partial charge on any atom is 0.241 e. The predicted octanol–water partition coefficient (Wildman–Crippen LogP) is 2.69. The second-order valence-electron chi connectivity index (χ2n) is 5.81. The molecule has 19 heavy (non-hydrogen) atoms. The molecule has 0 bridgehead atoms. The van der Waals surface area contributed by atoms with Gasteiger partial charge >= 0.3 is 0 Å². The quantitative estimate of drug-likeness (QED) is 0.855. The average molecular weight is 260 g/mol. The number of hydrogen-bond acceptors (Lipinski definition) is 2. The zero-order chi connectivity index (χ0) is 13.9. The van der Waals surface area contributed by atoms with Crippen LogP contribution in [0.4, 0.5) is 0 Å². The van der Waals surface area contributed by atoms with E-state index >= 15 is 0 Å². The SMILES string of the molecule is CCC1(CNC(=O)C(N)c2ccc(C)cc2)CCC1. The summed E-state index contributed by atoms with van der Waals surface area (Å²) in [6.07, 6.45) is 4.87. The molecule has 1 unspecified atom stereocenters. The summed E-state index contributed by atoms with van der Waals surface area (Å²) < 4.78 is 0. The van der Waals surface area contributed by atoms with Crippen molar-refractivity contribution in [3.8, 4) is 0 Å². The zero-order valence-electron chi connectivity index (χ0n) is 11.9. The second-order valence-corrected chi connectivity index (χ2v) is 5.81. The Bertz CT molecular complexity index is 429. The largest absolute Gasteiger partial charge is 0.354 e. The molecule has 2 rings (SSSR count). The number of rotatable bonds is 5. The number of carbonyl (C=O) groups is 1. The summed E-state index contributed by atoms with van der Waals surface area (Å²) in [4.78, 5) is 12.1. The van der Waals surface area contributed by atoms with E-state index in [1.807, 2.05) is 31.2 Å². The summed E-state index contributed by atoms with van der Waals surface area (Å²) in [6, 6.07) is 7.27. The van der Waals surface area contributed by atoms with Crippen LogP contribution in [0.3, 0.4) is 0 Å². The highest BCUT2D eigenvalue weighted by Gasteiger charge is 2.35. The summed E-state index contributed by atoms with van der Waals surface area (Å²) in [5.41, 5.74) is 8.40. The van der Waals surface area contributed by atoms with Crippen LogP contribution in [0, 0.1) is 12.3 Å². The van der Waals surface area contributed by atoms with Crippen LogP contribution >= 0.6 is 0 Å². The number of nitrogens with one attached hydrogen (secondary N) is 1. The molecular weight excluding hydrogens is 236 g/mol. The van der Waals surface area contributed by atoms with Crippen LogP contribution in [0.2, 0.25) is 0 Å². The topological polar surface area (TPSA) is 55.1 Å². The molecule has 1 aliphatic rings. The Balaban J connectivity index is 1.90. The van der Waals surface area contributed by atoms with Gasteiger partial charge in [-0.3, -0.25) is 4.79 Å². The van der Waals surface area contributed by atoms with Gasteiger partial charge in [-0.05, 0) is 37.2 Å². The lowest BCUT2D eigenvalue weighted by Gasteiger charge is -2.41. The van der Waals surface area contributed by atoms with Gasteiger partial charge in [-0.15, -0.1) is 0 Å². The molecule has 0 saturated heterocycles. The fourth-order valence-electron chi connectivity index (χ4n) is 2.64. The van der Waals surface area contributed by atoms with Crippen molar-refractivity contribution in [2.75, 3.05) is 6.54 Å². The Hall–Kier alpha value is -1.35. The highest BCUT2D eigenvalue weighted by atomic mass is 16.2. The lowest BCUT2D eigenvalue weighted by molar-refractivity contribution is -0.123. The smallest absolute Gasteiger partial charge is 0.241 e. The molecule has 3 nitrogen and oxygen atoms in total. The fourth-order valence-corrected chi connectivity index (χ4v) is 2.64. The van der Waals surface area contributed by atoms with Crippen LogP contribution in [0.15, 0.2) is 24.3 Å². The van der Waals surface area contributed by atoms with Gasteiger partial charge < -0.3 is 11.1 Å². The van der Waals surface area contributed by atoms with Gasteiger partial charge in [-0.25, -0.2) is 0 Å². The highest BCUT2D eigenvalue weighted by molar-refractivity contribution is 5.82. The number of hydrogen-bond donors (Lipinski definition) is 2. The summed E-state index contributed by atoms with van der Waals surface area (Å²) >= 11 is 0. The van der Waals surface area contributed by atoms with Crippen molar-refractivity contribution in [1.29, 1.82) is 0 Å². The summed E-state index contributed by atoms with van der Waals surface area (Å²) in [7, 11) is 0. The van der Waals surface area contributed by atoms with Gasteiger partial charge in [0.1, 0.15) is 6.04 Å². The molecule has 0 spiro atoms. The van der Waals surface area contributed by atoms with Crippen molar-refractivity contribution in [1.82, 2.24) is 5.32 Å². The molecule has 1 aromatic carbocycles. The van der Waals surface area contributed by atoms with Crippen molar-refractivity contribution in [3.63, 3.8) is 0 Å². The molecule has 1 aliphatic carbocycles. The standard InChI is InChI=1S/C16H24N2O/c1-3-16(9-4-10-16)11-18-15(19)14(17)13-7-5-12(2)6-8-13/h5-8,14H,3-4,9-11,17H2,1-2H3,(H,18,19). The molecule has 1 amide bonds. The molecular formula is C16H24N2O. The van der Waals surface area contributed by atoms with Crippen LogP contribution in [-0.2, 0) is 4.79 Å². The number of nitrogens with two attached hydrogens (primary N) is 1. The van der Waals surface area contributed by atoms with Gasteiger partial charge in [-0.2, -0.15) is 0 Å². The van der Waals surface area contributed by atoms with Gasteiger partial charge in [0.05, 0.1) is 0 Å². The van der Waals surface area contributed by atoms with E-state index in [9.17, 15) is 4.79 Å². The van der Waals surface area contributed by atoms with Crippen LogP contribution in [0.5, 0.6) is 0 Å². The van der Waals surface area contributed by atoms with Crippen molar-refractivity contribution in [2.45, 2.75) is 45.6 Å². The molecule has 1 fully saturated rings. The molecule has 0 aliphatic heterocycles. The van der Waals surface area contributed by atoms with E-state index in [0.717, 1.165) is 18.5 Å². The first kappa shape index (κ1) is 14.1. The number of amides is 1. The second kappa shape index (κ2) is 5.74. The van der Waals surface area contributed by atoms with Crippen molar-refractivity contribution in [2.24, 2.45) is 11.1 Å². The van der Waals surface area contributed by atoms with E-state index in [1.165, 1.54) is 24.8 Å². The van der Waals surface area contributed by atoms with E-state index in [4.69, 9.17) is 5.73 Å². The van der Waals surface area contributed by atoms with Gasteiger partial charge in [0.15, 0.2) is 0 Å². The third kappa shape index (κ3) is 3.16. The number of benzene rings is 1. The molecule has 1 atom stereocenters. The van der Waals surface area contributed by atoms with Gasteiger partial charge in [-0.1, -0.05) is 43.2 Å². The number of aryl methyl sites for hydroxylation is 1. The summed E-state index contributed by atoms with van der Waals surface area (Å²) in [5.74, 6) is -0.0661. The molecule has 1 saturated carbocycles. The molecule has 3 heteroatoms. The van der Waals surface area contributed by atoms with E-state index in [-0.39, 0.29) is 5.91 Å². The molecule has 0 aromatic heterocycles. The Morgan fingerprint density at radius 1 is 1.37 bits per heavy atom.